The first kappa shape index (κ1) is 16.7. The number of carboxylic acid groups (broad SMARTS) is 1. The minimum Gasteiger partial charge on any atom is -0.480 e. The molecule has 0 aliphatic rings. The van der Waals surface area contributed by atoms with E-state index in [1.165, 1.54) is 4.90 Å². The standard InChI is InChI=1S/C13H26N2O3/c1-6-10(3)15(8-11(16)17)12(18)14-9-13(4,5)7-2/h10H,6-9H2,1-5H3,(H,14,18)(H,16,17). The average Bonchev–Trinajstić information content (AvgIpc) is 2.32. The average molecular weight is 258 g/mol. The van der Waals surface area contributed by atoms with E-state index in [1.54, 1.807) is 0 Å². The van der Waals surface area contributed by atoms with Crippen LogP contribution in [0.3, 0.4) is 0 Å². The van der Waals surface area contributed by atoms with Crippen LogP contribution in [-0.4, -0.2) is 41.1 Å². The van der Waals surface area contributed by atoms with Gasteiger partial charge in [-0.1, -0.05) is 27.7 Å². The Bertz CT molecular complexity index is 290. The van der Waals surface area contributed by atoms with E-state index in [0.29, 0.717) is 6.54 Å². The lowest BCUT2D eigenvalue weighted by atomic mass is 9.90. The molecule has 0 aromatic carbocycles. The summed E-state index contributed by atoms with van der Waals surface area (Å²) >= 11 is 0. The highest BCUT2D eigenvalue weighted by atomic mass is 16.4. The van der Waals surface area contributed by atoms with Crippen LogP contribution in [-0.2, 0) is 4.79 Å². The highest BCUT2D eigenvalue weighted by Gasteiger charge is 2.23. The summed E-state index contributed by atoms with van der Waals surface area (Å²) in [7, 11) is 0. The van der Waals surface area contributed by atoms with Crippen molar-refractivity contribution < 1.29 is 14.7 Å². The number of carbonyl (C=O) groups excluding carboxylic acids is 1. The molecule has 0 rings (SSSR count). The fourth-order valence-corrected chi connectivity index (χ4v) is 1.34. The Kier molecular flexibility index (Phi) is 6.73. The first-order valence-corrected chi connectivity index (χ1v) is 6.49. The van der Waals surface area contributed by atoms with Crippen molar-refractivity contribution in [1.29, 1.82) is 0 Å². The van der Waals surface area contributed by atoms with E-state index in [1.807, 2.05) is 13.8 Å². The third-order valence-corrected chi connectivity index (χ3v) is 3.36. The maximum absolute atomic E-state index is 12.0. The van der Waals surface area contributed by atoms with Gasteiger partial charge in [-0.3, -0.25) is 4.79 Å². The molecular formula is C13H26N2O3. The predicted molar refractivity (Wildman–Crippen MR) is 71.6 cm³/mol. The number of nitrogens with zero attached hydrogens (tertiary/aromatic N) is 1. The molecule has 2 amide bonds. The summed E-state index contributed by atoms with van der Waals surface area (Å²) in [6, 6.07) is -0.376. The molecule has 0 aliphatic heterocycles. The molecule has 18 heavy (non-hydrogen) atoms. The fourth-order valence-electron chi connectivity index (χ4n) is 1.34. The fraction of sp³-hybridized carbons (Fsp3) is 0.846. The number of amides is 2. The van der Waals surface area contributed by atoms with Gasteiger partial charge in [0.25, 0.3) is 0 Å². The van der Waals surface area contributed by atoms with Gasteiger partial charge in [0.15, 0.2) is 0 Å². The van der Waals surface area contributed by atoms with Gasteiger partial charge >= 0.3 is 12.0 Å². The molecule has 106 valence electrons. The van der Waals surface area contributed by atoms with Crippen LogP contribution >= 0.6 is 0 Å². The molecule has 0 saturated carbocycles. The van der Waals surface area contributed by atoms with Crippen LogP contribution in [0, 0.1) is 5.41 Å². The van der Waals surface area contributed by atoms with E-state index in [9.17, 15) is 9.59 Å². The second-order valence-electron chi connectivity index (χ2n) is 5.46. The van der Waals surface area contributed by atoms with E-state index < -0.39 is 5.97 Å². The van der Waals surface area contributed by atoms with Crippen molar-refractivity contribution in [1.82, 2.24) is 10.2 Å². The van der Waals surface area contributed by atoms with E-state index >= 15 is 0 Å². The van der Waals surface area contributed by atoms with E-state index in [0.717, 1.165) is 12.8 Å². The quantitative estimate of drug-likeness (QED) is 0.736. The first-order chi connectivity index (χ1) is 8.23. The van der Waals surface area contributed by atoms with Gasteiger partial charge < -0.3 is 15.3 Å². The molecule has 0 saturated heterocycles. The van der Waals surface area contributed by atoms with Crippen molar-refractivity contribution in [3.63, 3.8) is 0 Å². The number of urea groups is 1. The van der Waals surface area contributed by atoms with Gasteiger partial charge in [0.2, 0.25) is 0 Å². The Labute approximate surface area is 110 Å². The third-order valence-electron chi connectivity index (χ3n) is 3.36. The minimum absolute atomic E-state index is 0.0278. The number of hydrogen-bond donors (Lipinski definition) is 2. The lowest BCUT2D eigenvalue weighted by molar-refractivity contribution is -0.138. The molecule has 0 radical (unpaired) electrons. The second-order valence-corrected chi connectivity index (χ2v) is 5.46. The normalized spacial score (nSPS) is 12.9. The molecule has 1 unspecified atom stereocenters. The van der Waals surface area contributed by atoms with Crippen molar-refractivity contribution in [2.75, 3.05) is 13.1 Å². The van der Waals surface area contributed by atoms with Gasteiger partial charge in [0, 0.05) is 12.6 Å². The van der Waals surface area contributed by atoms with Crippen LogP contribution in [0.2, 0.25) is 0 Å². The molecule has 5 heteroatoms. The van der Waals surface area contributed by atoms with Crippen LogP contribution in [0.25, 0.3) is 0 Å². The lowest BCUT2D eigenvalue weighted by Crippen LogP contribution is -2.49. The third kappa shape index (κ3) is 5.89. The number of nitrogens with one attached hydrogen (secondary N) is 1. The molecular weight excluding hydrogens is 232 g/mol. The maximum Gasteiger partial charge on any atom is 0.323 e. The molecule has 0 fully saturated rings. The summed E-state index contributed by atoms with van der Waals surface area (Å²) in [6.07, 6.45) is 1.69. The molecule has 0 spiro atoms. The molecule has 0 aromatic heterocycles. The number of rotatable bonds is 7. The SMILES string of the molecule is CCC(C)N(CC(=O)O)C(=O)NCC(C)(C)CC. The van der Waals surface area contributed by atoms with Crippen molar-refractivity contribution in [2.45, 2.75) is 53.5 Å². The Hall–Kier alpha value is -1.26. The van der Waals surface area contributed by atoms with Gasteiger partial charge in [-0.05, 0) is 25.2 Å². The molecule has 0 aromatic rings. The van der Waals surface area contributed by atoms with Crippen molar-refractivity contribution in [2.24, 2.45) is 5.41 Å². The van der Waals surface area contributed by atoms with Crippen LogP contribution in [0.4, 0.5) is 4.79 Å². The number of carboxylic acids is 1. The molecule has 0 bridgehead atoms. The predicted octanol–water partition coefficient (Wildman–Crippen LogP) is 2.32. The topological polar surface area (TPSA) is 69.6 Å². The Balaban J connectivity index is 4.52. The van der Waals surface area contributed by atoms with Crippen LogP contribution in [0.15, 0.2) is 0 Å². The van der Waals surface area contributed by atoms with Crippen molar-refractivity contribution in [3.05, 3.63) is 0 Å². The zero-order valence-electron chi connectivity index (χ0n) is 12.1. The van der Waals surface area contributed by atoms with Gasteiger partial charge in [-0.25, -0.2) is 4.79 Å². The summed E-state index contributed by atoms with van der Waals surface area (Å²) in [5, 5.41) is 11.6. The van der Waals surface area contributed by atoms with Gasteiger partial charge in [0.1, 0.15) is 6.54 Å². The van der Waals surface area contributed by atoms with Crippen LogP contribution in [0.5, 0.6) is 0 Å². The number of hydrogen-bond acceptors (Lipinski definition) is 2. The molecule has 2 N–H and O–H groups in total. The molecule has 0 aliphatic carbocycles. The Morgan fingerprint density at radius 1 is 1.33 bits per heavy atom. The largest absolute Gasteiger partial charge is 0.480 e. The Morgan fingerprint density at radius 2 is 1.89 bits per heavy atom. The van der Waals surface area contributed by atoms with Gasteiger partial charge in [-0.15, -0.1) is 0 Å². The highest BCUT2D eigenvalue weighted by Crippen LogP contribution is 2.18. The van der Waals surface area contributed by atoms with E-state index in [-0.39, 0.29) is 24.0 Å². The second kappa shape index (κ2) is 7.24. The number of aliphatic carboxylic acids is 1. The maximum atomic E-state index is 12.0. The Morgan fingerprint density at radius 3 is 2.28 bits per heavy atom. The molecule has 0 heterocycles. The molecule has 1 atom stereocenters. The molecule has 5 nitrogen and oxygen atoms in total. The minimum atomic E-state index is -0.986. The first-order valence-electron chi connectivity index (χ1n) is 6.49. The van der Waals surface area contributed by atoms with Crippen LogP contribution < -0.4 is 5.32 Å². The smallest absolute Gasteiger partial charge is 0.323 e. The highest BCUT2D eigenvalue weighted by molar-refractivity contribution is 5.80. The van der Waals surface area contributed by atoms with Gasteiger partial charge in [0.05, 0.1) is 0 Å². The van der Waals surface area contributed by atoms with Crippen molar-refractivity contribution in [3.8, 4) is 0 Å². The monoisotopic (exact) mass is 258 g/mol. The van der Waals surface area contributed by atoms with Crippen LogP contribution in [0.1, 0.15) is 47.5 Å². The summed E-state index contributed by atoms with van der Waals surface area (Å²) in [5.74, 6) is -0.986. The van der Waals surface area contributed by atoms with E-state index in [2.05, 4.69) is 26.1 Å². The van der Waals surface area contributed by atoms with E-state index in [4.69, 9.17) is 5.11 Å². The summed E-state index contributed by atoms with van der Waals surface area (Å²) in [5.41, 5.74) is 0.0278. The number of carbonyl (C=O) groups is 2. The summed E-state index contributed by atoms with van der Waals surface area (Å²) in [4.78, 5) is 24.1. The zero-order chi connectivity index (χ0) is 14.3. The van der Waals surface area contributed by atoms with Crippen molar-refractivity contribution >= 4 is 12.0 Å². The van der Waals surface area contributed by atoms with Gasteiger partial charge in [-0.2, -0.15) is 0 Å². The lowest BCUT2D eigenvalue weighted by Gasteiger charge is -2.30. The summed E-state index contributed by atoms with van der Waals surface area (Å²) < 4.78 is 0. The zero-order valence-corrected chi connectivity index (χ0v) is 12.1. The summed E-state index contributed by atoms with van der Waals surface area (Å²) in [6.45, 7) is 10.3.